The Morgan fingerprint density at radius 3 is 2.48 bits per heavy atom. The van der Waals surface area contributed by atoms with Crippen LogP contribution in [0, 0.1) is 5.92 Å². The molecule has 0 N–H and O–H groups in total. The lowest BCUT2D eigenvalue weighted by Gasteiger charge is -2.34. The van der Waals surface area contributed by atoms with Gasteiger partial charge in [-0.25, -0.2) is 0 Å². The average molecular weight is 371 g/mol. The summed E-state index contributed by atoms with van der Waals surface area (Å²) in [6.45, 7) is 5.86. The number of hydrogen-bond donors (Lipinski definition) is 0. The van der Waals surface area contributed by atoms with Gasteiger partial charge in [-0.05, 0) is 49.9 Å². The third-order valence-corrected chi connectivity index (χ3v) is 6.08. The zero-order valence-corrected chi connectivity index (χ0v) is 15.9. The second-order valence-corrected chi connectivity index (χ2v) is 7.84. The number of piperidine rings is 1. The van der Waals surface area contributed by atoms with Gasteiger partial charge >= 0.3 is 0 Å². The van der Waals surface area contributed by atoms with Gasteiger partial charge in [-0.1, -0.05) is 18.2 Å². The molecule has 1 aromatic carbocycles. The van der Waals surface area contributed by atoms with Crippen LogP contribution in [0.15, 0.2) is 24.3 Å². The van der Waals surface area contributed by atoms with E-state index < -0.39 is 0 Å². The topological polar surface area (TPSA) is 53.1 Å². The Hall–Kier alpha value is -1.92. The highest BCUT2D eigenvalue weighted by Crippen LogP contribution is 2.28. The van der Waals surface area contributed by atoms with Crippen LogP contribution < -0.4 is 4.90 Å². The number of hydrogen-bond acceptors (Lipinski definition) is 4. The van der Waals surface area contributed by atoms with Gasteiger partial charge in [0.1, 0.15) is 0 Å². The summed E-state index contributed by atoms with van der Waals surface area (Å²) in [5.74, 6) is 0.906. The van der Waals surface area contributed by atoms with E-state index in [0.717, 1.165) is 57.7 Å². The van der Waals surface area contributed by atoms with Crippen LogP contribution in [-0.2, 0) is 20.7 Å². The Morgan fingerprint density at radius 2 is 1.70 bits per heavy atom. The highest BCUT2D eigenvalue weighted by molar-refractivity contribution is 5.96. The third kappa shape index (κ3) is 4.33. The predicted molar refractivity (Wildman–Crippen MR) is 104 cm³/mol. The fourth-order valence-corrected chi connectivity index (χ4v) is 4.41. The highest BCUT2D eigenvalue weighted by Gasteiger charge is 2.28. The molecule has 2 fully saturated rings. The van der Waals surface area contributed by atoms with E-state index in [2.05, 4.69) is 11.0 Å². The minimum absolute atomic E-state index is 0.197. The lowest BCUT2D eigenvalue weighted by molar-refractivity contribution is -0.136. The lowest BCUT2D eigenvalue weighted by atomic mass is 9.93. The van der Waals surface area contributed by atoms with Crippen LogP contribution >= 0.6 is 0 Å². The average Bonchev–Trinajstić information content (AvgIpc) is 3.14. The Labute approximate surface area is 161 Å². The van der Waals surface area contributed by atoms with Crippen molar-refractivity contribution in [2.24, 2.45) is 5.92 Å². The first kappa shape index (κ1) is 18.4. The van der Waals surface area contributed by atoms with E-state index in [4.69, 9.17) is 4.74 Å². The summed E-state index contributed by atoms with van der Waals surface area (Å²) in [5.41, 5.74) is 2.35. The van der Waals surface area contributed by atoms with Crippen molar-refractivity contribution in [1.29, 1.82) is 0 Å². The van der Waals surface area contributed by atoms with Crippen LogP contribution in [-0.4, -0.2) is 74.1 Å². The number of anilines is 1. The van der Waals surface area contributed by atoms with Gasteiger partial charge in [0, 0.05) is 31.7 Å². The quantitative estimate of drug-likeness (QED) is 0.806. The highest BCUT2D eigenvalue weighted by atomic mass is 16.5. The van der Waals surface area contributed by atoms with Gasteiger partial charge in [-0.15, -0.1) is 0 Å². The molecule has 0 aromatic heterocycles. The van der Waals surface area contributed by atoms with Crippen LogP contribution in [0.3, 0.4) is 0 Å². The van der Waals surface area contributed by atoms with Crippen molar-refractivity contribution in [2.75, 3.05) is 57.4 Å². The number of benzene rings is 1. The molecule has 27 heavy (non-hydrogen) atoms. The van der Waals surface area contributed by atoms with Crippen LogP contribution in [0.25, 0.3) is 0 Å². The summed E-state index contributed by atoms with van der Waals surface area (Å²) in [7, 11) is 0. The fraction of sp³-hybridized carbons (Fsp3) is 0.619. The maximum absolute atomic E-state index is 12.8. The first-order valence-electron chi connectivity index (χ1n) is 10.2. The maximum atomic E-state index is 12.8. The molecule has 0 saturated carbocycles. The largest absolute Gasteiger partial charge is 0.378 e. The Bertz CT molecular complexity index is 679. The zero-order chi connectivity index (χ0) is 18.6. The summed E-state index contributed by atoms with van der Waals surface area (Å²) >= 11 is 0. The first-order chi connectivity index (χ1) is 13.2. The molecule has 0 radical (unpaired) electrons. The normalized spacial score (nSPS) is 21.3. The molecule has 0 unspecified atom stereocenters. The molecule has 2 amide bonds. The van der Waals surface area contributed by atoms with Gasteiger partial charge < -0.3 is 14.5 Å². The number of amides is 2. The third-order valence-electron chi connectivity index (χ3n) is 6.08. The van der Waals surface area contributed by atoms with Crippen molar-refractivity contribution in [3.8, 4) is 0 Å². The summed E-state index contributed by atoms with van der Waals surface area (Å²) < 4.78 is 5.32. The number of ether oxygens (including phenoxy) is 1. The number of carbonyl (C=O) groups excluding carboxylic acids is 2. The van der Waals surface area contributed by atoms with E-state index in [-0.39, 0.29) is 11.8 Å². The minimum Gasteiger partial charge on any atom is -0.378 e. The Morgan fingerprint density at radius 1 is 0.963 bits per heavy atom. The Balaban J connectivity index is 1.23. The van der Waals surface area contributed by atoms with Crippen LogP contribution in [0.4, 0.5) is 5.69 Å². The van der Waals surface area contributed by atoms with Crippen molar-refractivity contribution in [2.45, 2.75) is 25.7 Å². The second-order valence-electron chi connectivity index (χ2n) is 7.84. The van der Waals surface area contributed by atoms with Crippen molar-refractivity contribution in [3.05, 3.63) is 29.8 Å². The van der Waals surface area contributed by atoms with Crippen LogP contribution in [0.1, 0.15) is 24.8 Å². The number of rotatable bonds is 4. The first-order valence-corrected chi connectivity index (χ1v) is 10.2. The SMILES string of the molecule is O=C(CC1CCN(CC(=O)N2CCc3ccccc32)CC1)N1CCOCC1. The van der Waals surface area contributed by atoms with Crippen molar-refractivity contribution < 1.29 is 14.3 Å². The van der Waals surface area contributed by atoms with Crippen LogP contribution in [0.2, 0.25) is 0 Å². The smallest absolute Gasteiger partial charge is 0.241 e. The molecule has 6 heteroatoms. The number of para-hydroxylation sites is 1. The molecule has 0 aliphatic carbocycles. The lowest BCUT2D eigenvalue weighted by Crippen LogP contribution is -2.44. The van der Waals surface area contributed by atoms with E-state index in [1.54, 1.807) is 0 Å². The zero-order valence-electron chi connectivity index (χ0n) is 15.9. The molecule has 0 spiro atoms. The molecule has 2 saturated heterocycles. The van der Waals surface area contributed by atoms with Gasteiger partial charge in [0.2, 0.25) is 11.8 Å². The fourth-order valence-electron chi connectivity index (χ4n) is 4.41. The molecule has 0 atom stereocenters. The number of fused-ring (bicyclic) bond motifs is 1. The van der Waals surface area contributed by atoms with E-state index in [0.29, 0.717) is 32.1 Å². The monoisotopic (exact) mass is 371 g/mol. The molecule has 0 bridgehead atoms. The molecule has 3 aliphatic heterocycles. The van der Waals surface area contributed by atoms with E-state index in [1.165, 1.54) is 5.56 Å². The number of carbonyl (C=O) groups is 2. The van der Waals surface area contributed by atoms with Crippen molar-refractivity contribution in [3.63, 3.8) is 0 Å². The van der Waals surface area contributed by atoms with Gasteiger partial charge in [0.15, 0.2) is 0 Å². The van der Waals surface area contributed by atoms with Crippen molar-refractivity contribution >= 4 is 17.5 Å². The van der Waals surface area contributed by atoms with Gasteiger partial charge in [0.25, 0.3) is 0 Å². The summed E-state index contributed by atoms with van der Waals surface area (Å²) in [4.78, 5) is 31.3. The van der Waals surface area contributed by atoms with Gasteiger partial charge in [0.05, 0.1) is 19.8 Å². The summed E-state index contributed by atoms with van der Waals surface area (Å²) in [5, 5.41) is 0. The predicted octanol–water partition coefficient (Wildman–Crippen LogP) is 1.54. The molecule has 146 valence electrons. The number of likely N-dealkylation sites (tertiary alicyclic amines) is 1. The maximum Gasteiger partial charge on any atom is 0.241 e. The Kier molecular flexibility index (Phi) is 5.74. The van der Waals surface area contributed by atoms with Gasteiger partial charge in [-0.3, -0.25) is 14.5 Å². The standard InChI is InChI=1S/C21H29N3O3/c25-20(23-11-13-27-14-12-23)15-17-5-8-22(9-6-17)16-21(26)24-10-7-18-3-1-2-4-19(18)24/h1-4,17H,5-16H2. The number of morpholine rings is 1. The molecule has 1 aromatic rings. The summed E-state index contributed by atoms with van der Waals surface area (Å²) in [6.07, 6.45) is 3.59. The van der Waals surface area contributed by atoms with E-state index >= 15 is 0 Å². The van der Waals surface area contributed by atoms with E-state index in [1.807, 2.05) is 28.0 Å². The van der Waals surface area contributed by atoms with Gasteiger partial charge in [-0.2, -0.15) is 0 Å². The second kappa shape index (κ2) is 8.40. The molecule has 6 nitrogen and oxygen atoms in total. The number of nitrogens with zero attached hydrogens (tertiary/aromatic N) is 3. The molecule has 3 aliphatic rings. The minimum atomic E-state index is 0.197. The molecule has 3 heterocycles. The molecule has 4 rings (SSSR count). The molecular formula is C21H29N3O3. The van der Waals surface area contributed by atoms with E-state index in [9.17, 15) is 9.59 Å². The van der Waals surface area contributed by atoms with Crippen molar-refractivity contribution in [1.82, 2.24) is 9.80 Å². The molecular weight excluding hydrogens is 342 g/mol. The van der Waals surface area contributed by atoms with Crippen LogP contribution in [0.5, 0.6) is 0 Å². The summed E-state index contributed by atoms with van der Waals surface area (Å²) in [6, 6.07) is 8.19.